The summed E-state index contributed by atoms with van der Waals surface area (Å²) >= 11 is 0. The molecule has 2 fully saturated rings. The SMILES string of the molecule is CC1CN2CCCC2CN1Cc1cc(C(=O)O)no1. The van der Waals surface area contributed by atoms with Crippen LogP contribution in [0.3, 0.4) is 0 Å². The molecule has 0 amide bonds. The van der Waals surface area contributed by atoms with Gasteiger partial charge < -0.3 is 9.63 Å². The summed E-state index contributed by atoms with van der Waals surface area (Å²) in [7, 11) is 0. The second kappa shape index (κ2) is 4.94. The zero-order chi connectivity index (χ0) is 13.4. The monoisotopic (exact) mass is 265 g/mol. The Morgan fingerprint density at radius 3 is 3.16 bits per heavy atom. The van der Waals surface area contributed by atoms with E-state index in [0.717, 1.165) is 13.1 Å². The Balaban J connectivity index is 1.66. The molecule has 104 valence electrons. The topological polar surface area (TPSA) is 69.8 Å². The van der Waals surface area contributed by atoms with Gasteiger partial charge in [0.2, 0.25) is 0 Å². The van der Waals surface area contributed by atoms with Gasteiger partial charge in [-0.1, -0.05) is 5.16 Å². The van der Waals surface area contributed by atoms with Gasteiger partial charge in [-0.05, 0) is 26.3 Å². The van der Waals surface area contributed by atoms with Gasteiger partial charge in [0.05, 0.1) is 6.54 Å². The summed E-state index contributed by atoms with van der Waals surface area (Å²) in [6.45, 7) is 6.19. The van der Waals surface area contributed by atoms with Crippen LogP contribution in [0.15, 0.2) is 10.6 Å². The molecule has 2 aliphatic rings. The van der Waals surface area contributed by atoms with E-state index in [9.17, 15) is 4.79 Å². The number of carboxylic acids is 1. The van der Waals surface area contributed by atoms with E-state index < -0.39 is 5.97 Å². The Bertz CT molecular complexity index is 473. The molecule has 6 nitrogen and oxygen atoms in total. The first kappa shape index (κ1) is 12.6. The predicted molar refractivity (Wildman–Crippen MR) is 67.9 cm³/mol. The standard InChI is InChI=1S/C13H19N3O3/c1-9-6-15-4-2-3-10(15)7-16(9)8-11-5-12(13(17)18)14-19-11/h5,9-10H,2-4,6-8H2,1H3,(H,17,18). The van der Waals surface area contributed by atoms with Crippen LogP contribution < -0.4 is 0 Å². The number of hydrogen-bond donors (Lipinski definition) is 1. The number of hydrogen-bond acceptors (Lipinski definition) is 5. The van der Waals surface area contributed by atoms with Crippen molar-refractivity contribution >= 4 is 5.97 Å². The highest BCUT2D eigenvalue weighted by Crippen LogP contribution is 2.25. The van der Waals surface area contributed by atoms with Gasteiger partial charge in [0.15, 0.2) is 11.5 Å². The molecule has 1 N–H and O–H groups in total. The molecule has 19 heavy (non-hydrogen) atoms. The second-order valence-corrected chi connectivity index (χ2v) is 5.55. The van der Waals surface area contributed by atoms with Crippen LogP contribution in [0, 0.1) is 0 Å². The molecule has 2 saturated heterocycles. The van der Waals surface area contributed by atoms with E-state index in [2.05, 4.69) is 21.9 Å². The summed E-state index contributed by atoms with van der Waals surface area (Å²) in [5.41, 5.74) is -0.0119. The molecule has 0 saturated carbocycles. The molecule has 1 aromatic heterocycles. The molecular formula is C13H19N3O3. The van der Waals surface area contributed by atoms with Gasteiger partial charge in [0, 0.05) is 31.2 Å². The average Bonchev–Trinajstić information content (AvgIpc) is 2.98. The summed E-state index contributed by atoms with van der Waals surface area (Å²) in [6.07, 6.45) is 2.55. The molecular weight excluding hydrogens is 246 g/mol. The van der Waals surface area contributed by atoms with Crippen LogP contribution in [0.25, 0.3) is 0 Å². The molecule has 2 aliphatic heterocycles. The van der Waals surface area contributed by atoms with Gasteiger partial charge in [0.1, 0.15) is 0 Å². The maximum atomic E-state index is 10.8. The molecule has 0 bridgehead atoms. The number of aromatic nitrogens is 1. The van der Waals surface area contributed by atoms with Crippen molar-refractivity contribution in [3.8, 4) is 0 Å². The van der Waals surface area contributed by atoms with Crippen LogP contribution in [0.1, 0.15) is 36.0 Å². The first-order chi connectivity index (χ1) is 9.13. The summed E-state index contributed by atoms with van der Waals surface area (Å²) < 4.78 is 5.10. The van der Waals surface area contributed by atoms with Crippen LogP contribution in [0.2, 0.25) is 0 Å². The highest BCUT2D eigenvalue weighted by molar-refractivity contribution is 5.85. The van der Waals surface area contributed by atoms with E-state index in [1.807, 2.05) is 0 Å². The third-order valence-corrected chi connectivity index (χ3v) is 4.20. The van der Waals surface area contributed by atoms with Crippen molar-refractivity contribution in [2.24, 2.45) is 0 Å². The molecule has 6 heteroatoms. The fourth-order valence-electron chi connectivity index (χ4n) is 3.16. The Morgan fingerprint density at radius 2 is 2.42 bits per heavy atom. The number of fused-ring (bicyclic) bond motifs is 1. The minimum absolute atomic E-state index is 0.0119. The van der Waals surface area contributed by atoms with Crippen molar-refractivity contribution in [2.75, 3.05) is 19.6 Å². The summed E-state index contributed by atoms with van der Waals surface area (Å²) in [5, 5.41) is 12.4. The number of carboxylic acid groups (broad SMARTS) is 1. The van der Waals surface area contributed by atoms with Crippen LogP contribution in [-0.2, 0) is 6.54 Å². The van der Waals surface area contributed by atoms with Gasteiger partial charge in [-0.3, -0.25) is 9.80 Å². The lowest BCUT2D eigenvalue weighted by atomic mass is 10.1. The molecule has 0 aliphatic carbocycles. The molecule has 3 heterocycles. The lowest BCUT2D eigenvalue weighted by molar-refractivity contribution is 0.0480. The first-order valence-electron chi connectivity index (χ1n) is 6.80. The van der Waals surface area contributed by atoms with Crippen molar-refractivity contribution in [3.05, 3.63) is 17.5 Å². The number of piperazine rings is 1. The van der Waals surface area contributed by atoms with E-state index in [1.54, 1.807) is 0 Å². The van der Waals surface area contributed by atoms with E-state index in [4.69, 9.17) is 9.63 Å². The first-order valence-corrected chi connectivity index (χ1v) is 6.80. The quantitative estimate of drug-likeness (QED) is 0.880. The molecule has 3 rings (SSSR count). The molecule has 1 aromatic rings. The Labute approximate surface area is 112 Å². The van der Waals surface area contributed by atoms with Crippen molar-refractivity contribution in [2.45, 2.75) is 38.4 Å². The summed E-state index contributed by atoms with van der Waals surface area (Å²) in [5.74, 6) is -0.403. The largest absolute Gasteiger partial charge is 0.476 e. The lowest BCUT2D eigenvalue weighted by Crippen LogP contribution is -2.54. The lowest BCUT2D eigenvalue weighted by Gasteiger charge is -2.41. The Hall–Kier alpha value is -1.40. The zero-order valence-electron chi connectivity index (χ0n) is 11.1. The van der Waals surface area contributed by atoms with Crippen LogP contribution in [0.5, 0.6) is 0 Å². The van der Waals surface area contributed by atoms with Gasteiger partial charge >= 0.3 is 5.97 Å². The number of nitrogens with zero attached hydrogens (tertiary/aromatic N) is 3. The number of carbonyl (C=O) groups is 1. The van der Waals surface area contributed by atoms with Crippen LogP contribution in [-0.4, -0.2) is 57.8 Å². The third-order valence-electron chi connectivity index (χ3n) is 4.20. The predicted octanol–water partition coefficient (Wildman–Crippen LogP) is 1.04. The van der Waals surface area contributed by atoms with Gasteiger partial charge in [-0.25, -0.2) is 4.79 Å². The summed E-state index contributed by atoms with van der Waals surface area (Å²) in [4.78, 5) is 15.7. The molecule has 0 spiro atoms. The van der Waals surface area contributed by atoms with Crippen molar-refractivity contribution in [3.63, 3.8) is 0 Å². The Morgan fingerprint density at radius 1 is 1.58 bits per heavy atom. The minimum atomic E-state index is -1.04. The normalized spacial score (nSPS) is 28.5. The minimum Gasteiger partial charge on any atom is -0.476 e. The number of aromatic carboxylic acids is 1. The fraction of sp³-hybridized carbons (Fsp3) is 0.692. The maximum absolute atomic E-state index is 10.8. The van der Waals surface area contributed by atoms with Crippen molar-refractivity contribution in [1.82, 2.24) is 15.0 Å². The smallest absolute Gasteiger partial charge is 0.358 e. The molecule has 0 radical (unpaired) electrons. The van der Waals surface area contributed by atoms with E-state index in [1.165, 1.54) is 25.5 Å². The second-order valence-electron chi connectivity index (χ2n) is 5.55. The third kappa shape index (κ3) is 2.50. The highest BCUT2D eigenvalue weighted by Gasteiger charge is 2.34. The highest BCUT2D eigenvalue weighted by atomic mass is 16.5. The zero-order valence-corrected chi connectivity index (χ0v) is 11.1. The van der Waals surface area contributed by atoms with E-state index in [-0.39, 0.29) is 5.69 Å². The van der Waals surface area contributed by atoms with Gasteiger partial charge in [-0.2, -0.15) is 0 Å². The summed E-state index contributed by atoms with van der Waals surface area (Å²) in [6, 6.07) is 2.64. The Kier molecular flexibility index (Phi) is 3.28. The molecule has 2 atom stereocenters. The molecule has 2 unspecified atom stereocenters. The van der Waals surface area contributed by atoms with Crippen LogP contribution in [0.4, 0.5) is 0 Å². The van der Waals surface area contributed by atoms with Gasteiger partial charge in [-0.15, -0.1) is 0 Å². The van der Waals surface area contributed by atoms with E-state index in [0.29, 0.717) is 24.4 Å². The average molecular weight is 265 g/mol. The number of rotatable bonds is 3. The van der Waals surface area contributed by atoms with Crippen molar-refractivity contribution in [1.29, 1.82) is 0 Å². The fourth-order valence-corrected chi connectivity index (χ4v) is 3.16. The van der Waals surface area contributed by atoms with E-state index >= 15 is 0 Å². The van der Waals surface area contributed by atoms with Crippen LogP contribution >= 0.6 is 0 Å². The molecule has 0 aromatic carbocycles. The maximum Gasteiger partial charge on any atom is 0.358 e. The van der Waals surface area contributed by atoms with Crippen molar-refractivity contribution < 1.29 is 14.4 Å². The van der Waals surface area contributed by atoms with Gasteiger partial charge in [0.25, 0.3) is 0 Å².